The number of nitrogens with zero attached hydrogens (tertiary/aromatic N) is 2. The molecule has 8 aromatic carbocycles. The minimum Gasteiger partial charge on any atom is -0.292 e. The van der Waals surface area contributed by atoms with Gasteiger partial charge in [0.05, 0.1) is 11.0 Å². The minimum atomic E-state index is -0.299. The van der Waals surface area contributed by atoms with Crippen LogP contribution in [-0.4, -0.2) is 72.3 Å². The van der Waals surface area contributed by atoms with Crippen LogP contribution in [0.1, 0.15) is 25.0 Å². The third kappa shape index (κ3) is 5.06. The molecule has 10 rings (SSSR count). The van der Waals surface area contributed by atoms with Crippen molar-refractivity contribution in [2.45, 2.75) is 19.3 Å². The Morgan fingerprint density at radius 1 is 0.431 bits per heavy atom. The van der Waals surface area contributed by atoms with E-state index < -0.39 is 0 Å². The fraction of sp³-hybridized carbons (Fsp3) is 0.0625. The van der Waals surface area contributed by atoms with Crippen LogP contribution in [0.3, 0.4) is 0 Å². The zero-order valence-corrected chi connectivity index (χ0v) is 32.1. The molecule has 9 aromatic rings. The Bertz CT molecular complexity index is 3160. The summed E-state index contributed by atoms with van der Waals surface area (Å²) in [5, 5.41) is 2.30. The minimum absolute atomic E-state index is 0.166. The number of aromatic nitrogens is 2. The SMILES string of the molecule is [B]c1c([B])c([B])c2c(-c3ccc4c(c3)C(C)(C)c3ccccc3-4)c3c([B])c([B])c([B])c([B])c3c(-c3cccc(-c4nc5ccccc5n4-c4ccccc4)c3)c2c1[B]. The molecule has 0 saturated heterocycles. The van der Waals surface area contributed by atoms with Gasteiger partial charge in [0.2, 0.25) is 0 Å². The molecule has 0 fully saturated rings. The summed E-state index contributed by atoms with van der Waals surface area (Å²) in [5.41, 5.74) is 12.7. The lowest BCUT2D eigenvalue weighted by Crippen LogP contribution is -2.50. The van der Waals surface area contributed by atoms with E-state index >= 15 is 0 Å². The quantitative estimate of drug-likeness (QED) is 0.203. The molecular weight excluding hydrogens is 691 g/mol. The van der Waals surface area contributed by atoms with Crippen molar-refractivity contribution < 1.29 is 0 Å². The zero-order valence-electron chi connectivity index (χ0n) is 32.1. The molecule has 16 radical (unpaired) electrons. The second kappa shape index (κ2) is 13.1. The highest BCUT2D eigenvalue weighted by Crippen LogP contribution is 2.50. The maximum absolute atomic E-state index is 7.11. The van der Waals surface area contributed by atoms with Crippen LogP contribution in [0.5, 0.6) is 0 Å². The summed E-state index contributed by atoms with van der Waals surface area (Å²) in [7, 11) is 55.3. The molecule has 0 unspecified atom stereocenters. The van der Waals surface area contributed by atoms with Crippen LogP contribution in [0.25, 0.3) is 83.0 Å². The fourth-order valence-electron chi connectivity index (χ4n) is 9.26. The number of benzene rings is 8. The summed E-state index contributed by atoms with van der Waals surface area (Å²) in [5.74, 6) is 0.744. The molecule has 0 amide bonds. The molecule has 252 valence electrons. The van der Waals surface area contributed by atoms with E-state index in [1.807, 2.05) is 54.6 Å². The first-order valence-corrected chi connectivity index (χ1v) is 19.1. The summed E-state index contributed by atoms with van der Waals surface area (Å²) < 4.78 is 2.15. The van der Waals surface area contributed by atoms with Crippen LogP contribution >= 0.6 is 0 Å². The predicted molar refractivity (Wildman–Crippen MR) is 253 cm³/mol. The van der Waals surface area contributed by atoms with Gasteiger partial charge in [-0.1, -0.05) is 121 Å². The van der Waals surface area contributed by atoms with Gasteiger partial charge in [-0.25, -0.2) is 4.98 Å². The number of rotatable bonds is 4. The lowest BCUT2D eigenvalue weighted by atomic mass is 9.59. The number of para-hydroxylation sites is 3. The molecular formula is C48H26B8N2. The Labute approximate surface area is 349 Å². The summed E-state index contributed by atoms with van der Waals surface area (Å²) >= 11 is 0. The molecule has 1 aliphatic carbocycles. The maximum Gasteiger partial charge on any atom is 0.145 e. The van der Waals surface area contributed by atoms with Crippen LogP contribution < -0.4 is 43.7 Å². The van der Waals surface area contributed by atoms with Gasteiger partial charge in [-0.05, 0) is 102 Å². The van der Waals surface area contributed by atoms with Crippen molar-refractivity contribution >= 4 is 139 Å². The van der Waals surface area contributed by atoms with E-state index in [4.69, 9.17) is 67.8 Å². The smallest absolute Gasteiger partial charge is 0.145 e. The van der Waals surface area contributed by atoms with E-state index in [1.54, 1.807) is 0 Å². The highest BCUT2D eigenvalue weighted by molar-refractivity contribution is 6.71. The number of hydrogen-bond acceptors (Lipinski definition) is 1. The van der Waals surface area contributed by atoms with Gasteiger partial charge in [-0.3, -0.25) is 4.57 Å². The van der Waals surface area contributed by atoms with Gasteiger partial charge in [0.15, 0.2) is 0 Å². The maximum atomic E-state index is 7.11. The van der Waals surface area contributed by atoms with Crippen LogP contribution in [0.15, 0.2) is 121 Å². The molecule has 0 aliphatic heterocycles. The van der Waals surface area contributed by atoms with Crippen molar-refractivity contribution in [3.8, 4) is 50.5 Å². The first kappa shape index (κ1) is 36.6. The monoisotopic (exact) mass is 718 g/mol. The Kier molecular flexibility index (Phi) is 8.30. The van der Waals surface area contributed by atoms with Crippen molar-refractivity contribution in [2.24, 2.45) is 0 Å². The second-order valence-electron chi connectivity index (χ2n) is 15.7. The van der Waals surface area contributed by atoms with Crippen LogP contribution in [0.2, 0.25) is 0 Å². The lowest BCUT2D eigenvalue weighted by molar-refractivity contribution is 0.660. The lowest BCUT2D eigenvalue weighted by Gasteiger charge is -2.29. The number of fused-ring (bicyclic) bond motifs is 6. The largest absolute Gasteiger partial charge is 0.292 e. The molecule has 1 aliphatic rings. The molecule has 0 spiro atoms. The van der Waals surface area contributed by atoms with Crippen LogP contribution in [-0.2, 0) is 5.41 Å². The Morgan fingerprint density at radius 2 is 0.931 bits per heavy atom. The van der Waals surface area contributed by atoms with Crippen molar-refractivity contribution in [3.63, 3.8) is 0 Å². The zero-order chi connectivity index (χ0) is 40.4. The van der Waals surface area contributed by atoms with E-state index in [2.05, 4.69) is 85.1 Å². The first-order chi connectivity index (χ1) is 27.9. The molecule has 0 saturated carbocycles. The number of hydrogen-bond donors (Lipinski definition) is 0. The summed E-state index contributed by atoms with van der Waals surface area (Å²) in [4.78, 5) is 5.14. The summed E-state index contributed by atoms with van der Waals surface area (Å²) in [6.45, 7) is 4.46. The summed E-state index contributed by atoms with van der Waals surface area (Å²) in [6.07, 6.45) is 0. The third-order valence-electron chi connectivity index (χ3n) is 12.2. The molecule has 10 heteroatoms. The second-order valence-corrected chi connectivity index (χ2v) is 15.7. The van der Waals surface area contributed by atoms with E-state index in [9.17, 15) is 0 Å². The highest BCUT2D eigenvalue weighted by atomic mass is 15.1. The molecule has 1 heterocycles. The standard InChI is InChI=1S/C48H26B8N2/c1-48(2)29-16-7-6-15-27(29)28-20-19-24(22-30(28)48)34-37-35(39(49)43(53)45(55)41(37)51)33(36-38(34)42(52)46(56)44(54)40(36)50)23-11-10-12-25(21-23)47-57-31-17-8-9-18-32(31)58(47)26-13-4-3-5-14-26/h3-22H,1-2H3. The van der Waals surface area contributed by atoms with Gasteiger partial charge in [-0.15, -0.1) is 21.9 Å². The topological polar surface area (TPSA) is 17.8 Å². The molecule has 0 bridgehead atoms. The van der Waals surface area contributed by atoms with Crippen molar-refractivity contribution in [1.82, 2.24) is 9.55 Å². The highest BCUT2D eigenvalue weighted by Gasteiger charge is 2.36. The molecule has 0 atom stereocenters. The summed E-state index contributed by atoms with van der Waals surface area (Å²) in [6, 6.07) is 41.2. The Hall–Kier alpha value is -5.73. The van der Waals surface area contributed by atoms with E-state index in [-0.39, 0.29) is 49.1 Å². The van der Waals surface area contributed by atoms with Gasteiger partial charge in [0, 0.05) is 16.7 Å². The Morgan fingerprint density at radius 3 is 1.55 bits per heavy atom. The fourth-order valence-corrected chi connectivity index (χ4v) is 9.26. The van der Waals surface area contributed by atoms with Crippen molar-refractivity contribution in [1.29, 1.82) is 0 Å². The van der Waals surface area contributed by atoms with Crippen molar-refractivity contribution in [2.75, 3.05) is 0 Å². The van der Waals surface area contributed by atoms with Gasteiger partial charge in [0.25, 0.3) is 0 Å². The van der Waals surface area contributed by atoms with Gasteiger partial charge < -0.3 is 0 Å². The molecule has 1 aromatic heterocycles. The van der Waals surface area contributed by atoms with Gasteiger partial charge >= 0.3 is 0 Å². The van der Waals surface area contributed by atoms with Crippen LogP contribution in [0, 0.1) is 0 Å². The molecule has 58 heavy (non-hydrogen) atoms. The average molecular weight is 717 g/mol. The number of imidazole rings is 1. The van der Waals surface area contributed by atoms with Gasteiger partial charge in [-0.2, -0.15) is 0 Å². The first-order valence-electron chi connectivity index (χ1n) is 19.1. The molecule has 2 nitrogen and oxygen atoms in total. The van der Waals surface area contributed by atoms with E-state index in [0.717, 1.165) is 50.4 Å². The van der Waals surface area contributed by atoms with E-state index in [0.29, 0.717) is 32.7 Å². The Balaban J connectivity index is 1.34. The third-order valence-corrected chi connectivity index (χ3v) is 12.2. The normalized spacial score (nSPS) is 13.0. The van der Waals surface area contributed by atoms with E-state index in [1.165, 1.54) is 11.1 Å². The predicted octanol–water partition coefficient (Wildman–Crippen LogP) is 2.99. The molecule has 0 N–H and O–H groups in total. The van der Waals surface area contributed by atoms with Crippen LogP contribution in [0.4, 0.5) is 0 Å². The van der Waals surface area contributed by atoms with Gasteiger partial charge in [0.1, 0.15) is 68.6 Å². The average Bonchev–Trinajstić information content (AvgIpc) is 3.75. The van der Waals surface area contributed by atoms with Crippen molar-refractivity contribution in [3.05, 3.63) is 132 Å².